The summed E-state index contributed by atoms with van der Waals surface area (Å²) in [6.45, 7) is 0.287. The summed E-state index contributed by atoms with van der Waals surface area (Å²) >= 11 is 2.65. The molecule has 5 rings (SSSR count). The first-order chi connectivity index (χ1) is 19.0. The zero-order valence-electron chi connectivity index (χ0n) is 20.7. The van der Waals surface area contributed by atoms with Gasteiger partial charge in [-0.2, -0.15) is 0 Å². The quantitative estimate of drug-likeness (QED) is 0.197. The van der Waals surface area contributed by atoms with Crippen LogP contribution in [0.3, 0.4) is 0 Å². The van der Waals surface area contributed by atoms with Crippen molar-refractivity contribution in [3.05, 3.63) is 89.6 Å². The largest absolute Gasteiger partial charge is 0.497 e. The lowest BCUT2D eigenvalue weighted by atomic mass is 10.1. The Bertz CT molecular complexity index is 1620. The van der Waals surface area contributed by atoms with E-state index in [1.165, 1.54) is 22.7 Å². The number of amides is 3. The van der Waals surface area contributed by atoms with Crippen LogP contribution < -0.4 is 26.4 Å². The maximum absolute atomic E-state index is 12.7. The third-order valence-corrected chi connectivity index (χ3v) is 7.46. The number of nitrogens with zero attached hydrogens (tertiary/aromatic N) is 3. The van der Waals surface area contributed by atoms with Crippen LogP contribution in [0, 0.1) is 0 Å². The third kappa shape index (κ3) is 6.37. The summed E-state index contributed by atoms with van der Waals surface area (Å²) in [4.78, 5) is 38.8. The van der Waals surface area contributed by atoms with Crippen molar-refractivity contribution >= 4 is 51.2 Å². The molecule has 10 nitrogen and oxygen atoms in total. The number of benzene rings is 2. The SMILES string of the molecule is COc1cccc(C(=O)Nc2cccc(-c3csc(-c4sc(NC(=O)NCc5ccccn5)nc4N)n3)c2)c1. The molecule has 5 N–H and O–H groups in total. The van der Waals surface area contributed by atoms with Crippen LogP contribution in [-0.4, -0.2) is 34.0 Å². The van der Waals surface area contributed by atoms with Crippen molar-refractivity contribution in [3.8, 4) is 26.9 Å². The van der Waals surface area contributed by atoms with Crippen molar-refractivity contribution in [3.63, 3.8) is 0 Å². The van der Waals surface area contributed by atoms with Crippen LogP contribution in [0.1, 0.15) is 16.1 Å². The molecule has 3 aromatic heterocycles. The lowest BCUT2D eigenvalue weighted by Gasteiger charge is -2.08. The second-order valence-electron chi connectivity index (χ2n) is 8.17. The van der Waals surface area contributed by atoms with Crippen molar-refractivity contribution in [2.75, 3.05) is 23.5 Å². The third-order valence-electron chi connectivity index (χ3n) is 5.48. The molecule has 0 aliphatic heterocycles. The van der Waals surface area contributed by atoms with Gasteiger partial charge in [0.2, 0.25) is 0 Å². The van der Waals surface area contributed by atoms with E-state index in [2.05, 4.69) is 25.9 Å². The molecule has 12 heteroatoms. The predicted octanol–water partition coefficient (Wildman–Crippen LogP) is 5.49. The molecule has 39 heavy (non-hydrogen) atoms. The van der Waals surface area contributed by atoms with Gasteiger partial charge in [-0.05, 0) is 42.5 Å². The van der Waals surface area contributed by atoms with E-state index >= 15 is 0 Å². The molecule has 0 bridgehead atoms. The minimum absolute atomic E-state index is 0.244. The van der Waals surface area contributed by atoms with Gasteiger partial charge >= 0.3 is 6.03 Å². The van der Waals surface area contributed by atoms with Crippen LogP contribution in [0.5, 0.6) is 5.75 Å². The van der Waals surface area contributed by atoms with Gasteiger partial charge in [0.1, 0.15) is 21.5 Å². The minimum Gasteiger partial charge on any atom is -0.497 e. The van der Waals surface area contributed by atoms with Gasteiger partial charge in [-0.1, -0.05) is 35.6 Å². The Balaban J connectivity index is 1.25. The number of thiazole rings is 2. The van der Waals surface area contributed by atoms with Gasteiger partial charge in [0.15, 0.2) is 5.13 Å². The topological polar surface area (TPSA) is 144 Å². The highest BCUT2D eigenvalue weighted by molar-refractivity contribution is 7.23. The molecule has 5 aromatic rings. The van der Waals surface area contributed by atoms with Crippen molar-refractivity contribution in [2.45, 2.75) is 6.54 Å². The minimum atomic E-state index is -0.409. The number of aromatic nitrogens is 3. The summed E-state index contributed by atoms with van der Waals surface area (Å²) in [6, 6.07) is 19.5. The molecule has 0 saturated carbocycles. The van der Waals surface area contributed by atoms with E-state index in [4.69, 9.17) is 15.5 Å². The van der Waals surface area contributed by atoms with E-state index in [9.17, 15) is 9.59 Å². The Kier molecular flexibility index (Phi) is 7.75. The highest BCUT2D eigenvalue weighted by Crippen LogP contribution is 2.38. The number of nitrogens with two attached hydrogens (primary N) is 1. The molecule has 0 unspecified atom stereocenters. The summed E-state index contributed by atoms with van der Waals surface area (Å²) in [6.07, 6.45) is 1.67. The molecule has 3 heterocycles. The molecule has 2 aromatic carbocycles. The van der Waals surface area contributed by atoms with Gasteiger partial charge in [0, 0.05) is 28.4 Å². The first-order valence-electron chi connectivity index (χ1n) is 11.7. The van der Waals surface area contributed by atoms with Crippen LogP contribution in [-0.2, 0) is 6.54 Å². The number of rotatable bonds is 8. The van der Waals surface area contributed by atoms with E-state index in [0.29, 0.717) is 32.0 Å². The number of nitrogen functional groups attached to an aromatic ring is 1. The Morgan fingerprint density at radius 1 is 1.00 bits per heavy atom. The average Bonchev–Trinajstić information content (AvgIpc) is 3.59. The molecule has 0 aliphatic carbocycles. The van der Waals surface area contributed by atoms with Crippen molar-refractivity contribution < 1.29 is 14.3 Å². The van der Waals surface area contributed by atoms with E-state index in [0.717, 1.165) is 17.0 Å². The van der Waals surface area contributed by atoms with Crippen LogP contribution in [0.25, 0.3) is 21.1 Å². The van der Waals surface area contributed by atoms with Gasteiger partial charge in [0.25, 0.3) is 5.91 Å². The summed E-state index contributed by atoms with van der Waals surface area (Å²) in [5.74, 6) is 0.643. The first kappa shape index (κ1) is 25.8. The van der Waals surface area contributed by atoms with Crippen LogP contribution >= 0.6 is 22.7 Å². The lowest BCUT2D eigenvalue weighted by molar-refractivity contribution is 0.102. The number of nitrogens with one attached hydrogen (secondary N) is 3. The van der Waals surface area contributed by atoms with Crippen molar-refractivity contribution in [1.82, 2.24) is 20.3 Å². The molecule has 0 spiro atoms. The number of ether oxygens (including phenoxy) is 1. The predicted molar refractivity (Wildman–Crippen MR) is 154 cm³/mol. The molecule has 3 amide bonds. The number of hydrogen-bond acceptors (Lipinski definition) is 9. The summed E-state index contributed by atoms with van der Waals surface area (Å²) < 4.78 is 5.20. The molecule has 0 radical (unpaired) electrons. The van der Waals surface area contributed by atoms with Gasteiger partial charge in [0.05, 0.1) is 25.0 Å². The zero-order chi connectivity index (χ0) is 27.2. The average molecular weight is 558 g/mol. The molecular weight excluding hydrogens is 534 g/mol. The fraction of sp³-hybridized carbons (Fsp3) is 0.0741. The monoisotopic (exact) mass is 557 g/mol. The summed E-state index contributed by atoms with van der Waals surface area (Å²) in [5, 5.41) is 11.3. The van der Waals surface area contributed by atoms with Gasteiger partial charge in [-0.25, -0.2) is 14.8 Å². The fourth-order valence-electron chi connectivity index (χ4n) is 3.59. The zero-order valence-corrected chi connectivity index (χ0v) is 22.3. The Morgan fingerprint density at radius 2 is 1.87 bits per heavy atom. The van der Waals surface area contributed by atoms with Crippen molar-refractivity contribution in [1.29, 1.82) is 0 Å². The van der Waals surface area contributed by atoms with Crippen molar-refractivity contribution in [2.24, 2.45) is 0 Å². The number of hydrogen-bond donors (Lipinski definition) is 4. The Hall–Kier alpha value is -4.81. The lowest BCUT2D eigenvalue weighted by Crippen LogP contribution is -2.28. The van der Waals surface area contributed by atoms with Gasteiger partial charge < -0.3 is 21.1 Å². The number of methoxy groups -OCH3 is 1. The fourth-order valence-corrected chi connectivity index (χ4v) is 5.40. The standard InChI is InChI=1S/C27H23N7O3S2/c1-37-20-10-5-7-17(13-20)24(35)31-18-9-4-6-16(12-18)21-15-38-25(32-21)22-23(28)33-27(39-22)34-26(36)30-14-19-8-2-3-11-29-19/h2-13,15H,14,28H2,1H3,(H,31,35)(H2,30,33,34,36). The molecule has 196 valence electrons. The second-order valence-corrected chi connectivity index (χ2v) is 10.0. The smallest absolute Gasteiger partial charge is 0.321 e. The number of carbonyl (C=O) groups excluding carboxylic acids is 2. The molecule has 0 saturated heterocycles. The van der Waals surface area contributed by atoms with Gasteiger partial charge in [-0.3, -0.25) is 15.1 Å². The van der Waals surface area contributed by atoms with Gasteiger partial charge in [-0.15, -0.1) is 11.3 Å². The molecule has 0 aliphatic rings. The highest BCUT2D eigenvalue weighted by atomic mass is 32.1. The summed E-state index contributed by atoms with van der Waals surface area (Å²) in [5.41, 5.74) is 9.57. The maximum Gasteiger partial charge on any atom is 0.321 e. The molecule has 0 atom stereocenters. The van der Waals surface area contributed by atoms with Crippen LogP contribution in [0.4, 0.5) is 21.4 Å². The molecule has 0 fully saturated rings. The summed E-state index contributed by atoms with van der Waals surface area (Å²) in [7, 11) is 1.56. The first-order valence-corrected chi connectivity index (χ1v) is 13.4. The van der Waals surface area contributed by atoms with E-state index < -0.39 is 6.03 Å². The number of urea groups is 1. The van der Waals surface area contributed by atoms with E-state index in [1.54, 1.807) is 37.6 Å². The van der Waals surface area contributed by atoms with Crippen LogP contribution in [0.15, 0.2) is 78.3 Å². The van der Waals surface area contributed by atoms with E-state index in [-0.39, 0.29) is 18.3 Å². The Labute approximate surface area is 231 Å². The second kappa shape index (κ2) is 11.7. The maximum atomic E-state index is 12.7. The molecular formula is C27H23N7O3S2. The van der Waals surface area contributed by atoms with E-state index in [1.807, 2.05) is 47.8 Å². The number of carbonyl (C=O) groups is 2. The number of pyridine rings is 1. The number of anilines is 3. The van der Waals surface area contributed by atoms with Crippen LogP contribution in [0.2, 0.25) is 0 Å². The Morgan fingerprint density at radius 3 is 2.69 bits per heavy atom. The normalized spacial score (nSPS) is 10.6. The highest BCUT2D eigenvalue weighted by Gasteiger charge is 2.17.